The van der Waals surface area contributed by atoms with Crippen molar-refractivity contribution in [2.45, 2.75) is 13.3 Å². The molecule has 3 N–H and O–H groups in total. The number of rotatable bonds is 5. The van der Waals surface area contributed by atoms with Gasteiger partial charge in [0.15, 0.2) is 0 Å². The Balaban J connectivity index is 2.66. The van der Waals surface area contributed by atoms with E-state index in [9.17, 15) is 9.59 Å². The van der Waals surface area contributed by atoms with E-state index in [-0.39, 0.29) is 18.4 Å². The molecule has 0 atom stereocenters. The summed E-state index contributed by atoms with van der Waals surface area (Å²) in [6.07, 6.45) is 0.858. The lowest BCUT2D eigenvalue weighted by molar-refractivity contribution is -0.121. The standard InChI is InChI=1S/C13H18ClN3O2/c1-3-6-16-12(18)8-17(2)13(19)9-4-5-11(15)10(14)7-9/h4-5,7H,3,6,8,15H2,1-2H3,(H,16,18). The Morgan fingerprint density at radius 2 is 2.11 bits per heavy atom. The topological polar surface area (TPSA) is 75.4 Å². The van der Waals surface area contributed by atoms with Crippen molar-refractivity contribution in [2.75, 3.05) is 25.9 Å². The minimum absolute atomic E-state index is 0.0147. The normalized spacial score (nSPS) is 10.1. The molecule has 19 heavy (non-hydrogen) atoms. The molecule has 0 heterocycles. The van der Waals surface area contributed by atoms with Gasteiger partial charge < -0.3 is 16.0 Å². The number of nitrogens with one attached hydrogen (secondary N) is 1. The highest BCUT2D eigenvalue weighted by Gasteiger charge is 2.15. The number of hydrogen-bond donors (Lipinski definition) is 2. The summed E-state index contributed by atoms with van der Waals surface area (Å²) in [5.41, 5.74) is 6.41. The minimum atomic E-state index is -0.270. The largest absolute Gasteiger partial charge is 0.398 e. The van der Waals surface area contributed by atoms with E-state index in [0.717, 1.165) is 6.42 Å². The second-order valence-electron chi connectivity index (χ2n) is 4.25. The van der Waals surface area contributed by atoms with Gasteiger partial charge in [0.05, 0.1) is 17.3 Å². The van der Waals surface area contributed by atoms with E-state index in [1.807, 2.05) is 6.92 Å². The molecule has 1 aromatic rings. The van der Waals surface area contributed by atoms with Crippen LogP contribution in [0.4, 0.5) is 5.69 Å². The van der Waals surface area contributed by atoms with E-state index >= 15 is 0 Å². The highest BCUT2D eigenvalue weighted by molar-refractivity contribution is 6.33. The van der Waals surface area contributed by atoms with Gasteiger partial charge in [-0.25, -0.2) is 0 Å². The summed E-state index contributed by atoms with van der Waals surface area (Å²) in [6, 6.07) is 4.66. The smallest absolute Gasteiger partial charge is 0.254 e. The molecule has 2 amide bonds. The first kappa shape index (κ1) is 15.3. The fourth-order valence-electron chi connectivity index (χ4n) is 1.49. The monoisotopic (exact) mass is 283 g/mol. The Kier molecular flexibility index (Phi) is 5.63. The Hall–Kier alpha value is -1.75. The lowest BCUT2D eigenvalue weighted by Crippen LogP contribution is -2.38. The third-order valence-corrected chi connectivity index (χ3v) is 2.87. The predicted molar refractivity (Wildman–Crippen MR) is 76.1 cm³/mol. The van der Waals surface area contributed by atoms with Crippen LogP contribution in [0.2, 0.25) is 5.02 Å². The van der Waals surface area contributed by atoms with Gasteiger partial charge in [-0.05, 0) is 24.6 Å². The molecule has 0 aromatic heterocycles. The van der Waals surface area contributed by atoms with Gasteiger partial charge in [0.25, 0.3) is 5.91 Å². The summed E-state index contributed by atoms with van der Waals surface area (Å²) in [7, 11) is 1.57. The van der Waals surface area contributed by atoms with Crippen LogP contribution in [-0.4, -0.2) is 36.9 Å². The van der Waals surface area contributed by atoms with E-state index in [0.29, 0.717) is 22.8 Å². The molecule has 1 rings (SSSR count). The second kappa shape index (κ2) is 6.99. The van der Waals surface area contributed by atoms with E-state index in [1.54, 1.807) is 19.2 Å². The lowest BCUT2D eigenvalue weighted by Gasteiger charge is -2.17. The molecule has 0 aliphatic rings. The molecule has 0 spiro atoms. The molecular formula is C13H18ClN3O2. The molecule has 0 saturated heterocycles. The molecule has 0 aliphatic carbocycles. The zero-order valence-corrected chi connectivity index (χ0v) is 11.8. The fourth-order valence-corrected chi connectivity index (χ4v) is 1.67. The molecule has 104 valence electrons. The van der Waals surface area contributed by atoms with Crippen LogP contribution in [0.15, 0.2) is 18.2 Å². The Bertz CT molecular complexity index is 477. The second-order valence-corrected chi connectivity index (χ2v) is 4.65. The fraction of sp³-hybridized carbons (Fsp3) is 0.385. The average Bonchev–Trinajstić information content (AvgIpc) is 2.38. The predicted octanol–water partition coefficient (Wildman–Crippen LogP) is 1.52. The van der Waals surface area contributed by atoms with Gasteiger partial charge in [-0.15, -0.1) is 0 Å². The SMILES string of the molecule is CCCNC(=O)CN(C)C(=O)c1ccc(N)c(Cl)c1. The maximum Gasteiger partial charge on any atom is 0.254 e. The third kappa shape index (κ3) is 4.44. The Labute approximate surface area is 117 Å². The molecular weight excluding hydrogens is 266 g/mol. The number of carbonyl (C=O) groups excluding carboxylic acids is 2. The van der Waals surface area contributed by atoms with Gasteiger partial charge in [-0.3, -0.25) is 9.59 Å². The van der Waals surface area contributed by atoms with Crippen LogP contribution >= 0.6 is 11.6 Å². The zero-order valence-electron chi connectivity index (χ0n) is 11.1. The van der Waals surface area contributed by atoms with Gasteiger partial charge in [-0.2, -0.15) is 0 Å². The zero-order chi connectivity index (χ0) is 14.4. The summed E-state index contributed by atoms with van der Waals surface area (Å²) < 4.78 is 0. The van der Waals surface area contributed by atoms with Gasteiger partial charge >= 0.3 is 0 Å². The van der Waals surface area contributed by atoms with Crippen LogP contribution in [-0.2, 0) is 4.79 Å². The van der Waals surface area contributed by atoms with Gasteiger partial charge in [0, 0.05) is 19.2 Å². The van der Waals surface area contributed by atoms with Crippen LogP contribution < -0.4 is 11.1 Å². The molecule has 0 saturated carbocycles. The minimum Gasteiger partial charge on any atom is -0.398 e. The summed E-state index contributed by atoms with van der Waals surface area (Å²) in [6.45, 7) is 2.58. The van der Waals surface area contributed by atoms with Crippen LogP contribution in [0.25, 0.3) is 0 Å². The number of amides is 2. The Morgan fingerprint density at radius 1 is 1.42 bits per heavy atom. The number of anilines is 1. The number of nitrogen functional groups attached to an aromatic ring is 1. The number of carbonyl (C=O) groups is 2. The third-order valence-electron chi connectivity index (χ3n) is 2.55. The maximum absolute atomic E-state index is 12.1. The van der Waals surface area contributed by atoms with Crippen molar-refractivity contribution < 1.29 is 9.59 Å². The number of benzene rings is 1. The molecule has 0 bridgehead atoms. The van der Waals surface area contributed by atoms with Crippen molar-refractivity contribution in [3.8, 4) is 0 Å². The number of likely N-dealkylation sites (N-methyl/N-ethyl adjacent to an activating group) is 1. The molecule has 5 nitrogen and oxygen atoms in total. The van der Waals surface area contributed by atoms with Crippen molar-refractivity contribution in [1.29, 1.82) is 0 Å². The first-order valence-electron chi connectivity index (χ1n) is 6.03. The highest BCUT2D eigenvalue weighted by Crippen LogP contribution is 2.20. The van der Waals surface area contributed by atoms with Crippen LogP contribution in [0.3, 0.4) is 0 Å². The maximum atomic E-state index is 12.1. The first-order chi connectivity index (χ1) is 8.95. The van der Waals surface area contributed by atoms with Crippen molar-refractivity contribution >= 4 is 29.1 Å². The van der Waals surface area contributed by atoms with E-state index in [2.05, 4.69) is 5.32 Å². The van der Waals surface area contributed by atoms with Gasteiger partial charge in [-0.1, -0.05) is 18.5 Å². The molecule has 0 unspecified atom stereocenters. The number of hydrogen-bond acceptors (Lipinski definition) is 3. The average molecular weight is 284 g/mol. The quantitative estimate of drug-likeness (QED) is 0.805. The molecule has 6 heteroatoms. The number of halogens is 1. The summed E-state index contributed by atoms with van der Waals surface area (Å²) in [4.78, 5) is 24.9. The van der Waals surface area contributed by atoms with Crippen LogP contribution in [0.5, 0.6) is 0 Å². The molecule has 0 radical (unpaired) electrons. The van der Waals surface area contributed by atoms with Crippen LogP contribution in [0.1, 0.15) is 23.7 Å². The van der Waals surface area contributed by atoms with Gasteiger partial charge in [0.2, 0.25) is 5.91 Å². The molecule has 0 aliphatic heterocycles. The van der Waals surface area contributed by atoms with E-state index in [1.165, 1.54) is 11.0 Å². The van der Waals surface area contributed by atoms with E-state index < -0.39 is 0 Å². The summed E-state index contributed by atoms with van der Waals surface area (Å²) >= 11 is 5.86. The first-order valence-corrected chi connectivity index (χ1v) is 6.40. The van der Waals surface area contributed by atoms with Crippen molar-refractivity contribution in [1.82, 2.24) is 10.2 Å². The highest BCUT2D eigenvalue weighted by atomic mass is 35.5. The summed E-state index contributed by atoms with van der Waals surface area (Å²) in [5, 5.41) is 3.04. The molecule has 1 aromatic carbocycles. The van der Waals surface area contributed by atoms with E-state index in [4.69, 9.17) is 17.3 Å². The van der Waals surface area contributed by atoms with Crippen molar-refractivity contribution in [3.05, 3.63) is 28.8 Å². The summed E-state index contributed by atoms with van der Waals surface area (Å²) in [5.74, 6) is -0.451. The lowest BCUT2D eigenvalue weighted by atomic mass is 10.2. The Morgan fingerprint density at radius 3 is 2.68 bits per heavy atom. The van der Waals surface area contributed by atoms with Crippen LogP contribution in [0, 0.1) is 0 Å². The number of nitrogens with zero attached hydrogens (tertiary/aromatic N) is 1. The van der Waals surface area contributed by atoms with Crippen molar-refractivity contribution in [3.63, 3.8) is 0 Å². The van der Waals surface area contributed by atoms with Gasteiger partial charge in [0.1, 0.15) is 0 Å². The number of nitrogens with two attached hydrogens (primary N) is 1. The molecule has 0 fully saturated rings. The van der Waals surface area contributed by atoms with Crippen molar-refractivity contribution in [2.24, 2.45) is 0 Å².